The number of aromatic nitrogens is 1. The number of rotatable bonds is 3. The number of fused-ring (bicyclic) bond motifs is 1. The number of nitrogens with zero attached hydrogens (tertiary/aromatic N) is 1. The number of aryl methyl sites for hydroxylation is 1. The SMILES string of the molecule is CCn1c(=O)c(C(=O)Nc2ccc(Br)cc2)c(O)c2ccccc21. The molecule has 24 heavy (non-hydrogen) atoms. The number of nitrogens with one attached hydrogen (secondary N) is 1. The number of carbonyl (C=O) groups excluding carboxylic acids is 1. The molecule has 3 aromatic rings. The highest BCUT2D eigenvalue weighted by Gasteiger charge is 2.21. The van der Waals surface area contributed by atoms with Crippen LogP contribution in [0.15, 0.2) is 57.8 Å². The van der Waals surface area contributed by atoms with Crippen molar-refractivity contribution in [1.82, 2.24) is 4.57 Å². The molecular formula is C18H15BrN2O3. The van der Waals surface area contributed by atoms with Crippen molar-refractivity contribution in [1.29, 1.82) is 0 Å². The first kappa shape index (κ1) is 16.3. The molecule has 1 amide bonds. The third kappa shape index (κ3) is 2.80. The van der Waals surface area contributed by atoms with Crippen LogP contribution in [0.4, 0.5) is 5.69 Å². The molecule has 122 valence electrons. The Labute approximate surface area is 146 Å². The van der Waals surface area contributed by atoms with Gasteiger partial charge in [0.1, 0.15) is 11.3 Å². The van der Waals surface area contributed by atoms with E-state index in [9.17, 15) is 14.7 Å². The lowest BCUT2D eigenvalue weighted by Crippen LogP contribution is -2.29. The van der Waals surface area contributed by atoms with Gasteiger partial charge in [-0.05, 0) is 43.3 Å². The molecule has 0 atom stereocenters. The zero-order valence-electron chi connectivity index (χ0n) is 12.9. The summed E-state index contributed by atoms with van der Waals surface area (Å²) in [4.78, 5) is 25.2. The normalized spacial score (nSPS) is 10.8. The van der Waals surface area contributed by atoms with Gasteiger partial charge in [-0.3, -0.25) is 9.59 Å². The largest absolute Gasteiger partial charge is 0.506 e. The number of anilines is 1. The van der Waals surface area contributed by atoms with Crippen molar-refractivity contribution in [3.05, 3.63) is 68.9 Å². The third-order valence-corrected chi connectivity index (χ3v) is 4.32. The van der Waals surface area contributed by atoms with Gasteiger partial charge in [-0.15, -0.1) is 0 Å². The maximum Gasteiger partial charge on any atom is 0.267 e. The third-order valence-electron chi connectivity index (χ3n) is 3.79. The van der Waals surface area contributed by atoms with Crippen molar-refractivity contribution in [2.75, 3.05) is 5.32 Å². The lowest BCUT2D eigenvalue weighted by atomic mass is 10.1. The molecule has 1 heterocycles. The Morgan fingerprint density at radius 1 is 1.17 bits per heavy atom. The average Bonchev–Trinajstić information content (AvgIpc) is 2.57. The number of hydrogen-bond acceptors (Lipinski definition) is 3. The minimum atomic E-state index is -0.632. The fraction of sp³-hybridized carbons (Fsp3) is 0.111. The maximum absolute atomic E-state index is 12.7. The summed E-state index contributed by atoms with van der Waals surface area (Å²) in [6.07, 6.45) is 0. The van der Waals surface area contributed by atoms with Gasteiger partial charge in [-0.1, -0.05) is 28.1 Å². The first-order valence-electron chi connectivity index (χ1n) is 7.44. The topological polar surface area (TPSA) is 71.3 Å². The van der Waals surface area contributed by atoms with E-state index in [0.29, 0.717) is 23.1 Å². The number of pyridine rings is 1. The highest BCUT2D eigenvalue weighted by atomic mass is 79.9. The second-order valence-electron chi connectivity index (χ2n) is 5.25. The average molecular weight is 387 g/mol. The Kier molecular flexibility index (Phi) is 4.40. The zero-order chi connectivity index (χ0) is 17.3. The van der Waals surface area contributed by atoms with Crippen molar-refractivity contribution in [2.45, 2.75) is 13.5 Å². The first-order chi connectivity index (χ1) is 11.5. The fourth-order valence-corrected chi connectivity index (χ4v) is 2.90. The van der Waals surface area contributed by atoms with Gasteiger partial charge in [0.15, 0.2) is 0 Å². The molecule has 0 saturated carbocycles. The van der Waals surface area contributed by atoms with E-state index >= 15 is 0 Å². The van der Waals surface area contributed by atoms with Crippen molar-refractivity contribution >= 4 is 38.4 Å². The minimum absolute atomic E-state index is 0.251. The van der Waals surface area contributed by atoms with E-state index in [1.165, 1.54) is 4.57 Å². The monoisotopic (exact) mass is 386 g/mol. The van der Waals surface area contributed by atoms with Gasteiger partial charge in [-0.2, -0.15) is 0 Å². The number of halogens is 1. The van der Waals surface area contributed by atoms with Crippen LogP contribution in [-0.4, -0.2) is 15.6 Å². The van der Waals surface area contributed by atoms with Crippen LogP contribution in [0, 0.1) is 0 Å². The summed E-state index contributed by atoms with van der Waals surface area (Å²) in [7, 11) is 0. The molecule has 0 unspecified atom stereocenters. The lowest BCUT2D eigenvalue weighted by molar-refractivity contribution is 0.102. The summed E-state index contributed by atoms with van der Waals surface area (Å²) in [6, 6.07) is 13.9. The molecule has 0 aliphatic heterocycles. The summed E-state index contributed by atoms with van der Waals surface area (Å²) >= 11 is 3.32. The van der Waals surface area contributed by atoms with Crippen LogP contribution in [0.5, 0.6) is 5.75 Å². The number of carbonyl (C=O) groups is 1. The minimum Gasteiger partial charge on any atom is -0.506 e. The van der Waals surface area contributed by atoms with Crippen LogP contribution >= 0.6 is 15.9 Å². The van der Waals surface area contributed by atoms with Crippen molar-refractivity contribution in [3.8, 4) is 5.75 Å². The van der Waals surface area contributed by atoms with Crippen molar-refractivity contribution in [2.24, 2.45) is 0 Å². The number of benzene rings is 2. The van der Waals surface area contributed by atoms with E-state index in [0.717, 1.165) is 4.47 Å². The van der Waals surface area contributed by atoms with Crippen molar-refractivity contribution < 1.29 is 9.90 Å². The molecule has 0 saturated heterocycles. The van der Waals surface area contributed by atoms with Gasteiger partial charge in [0.05, 0.1) is 5.52 Å². The van der Waals surface area contributed by atoms with E-state index in [4.69, 9.17) is 0 Å². The highest BCUT2D eigenvalue weighted by molar-refractivity contribution is 9.10. The summed E-state index contributed by atoms with van der Waals surface area (Å²) < 4.78 is 2.35. The second-order valence-corrected chi connectivity index (χ2v) is 6.17. The van der Waals surface area contributed by atoms with Crippen LogP contribution in [0.1, 0.15) is 17.3 Å². The zero-order valence-corrected chi connectivity index (χ0v) is 14.5. The van der Waals surface area contributed by atoms with E-state index in [1.807, 2.05) is 6.92 Å². The molecule has 0 radical (unpaired) electrons. The van der Waals surface area contributed by atoms with Crippen LogP contribution in [0.2, 0.25) is 0 Å². The highest BCUT2D eigenvalue weighted by Crippen LogP contribution is 2.27. The molecule has 5 nitrogen and oxygen atoms in total. The Hall–Kier alpha value is -2.60. The number of amides is 1. The standard InChI is InChI=1S/C18H15BrN2O3/c1-2-21-14-6-4-3-5-13(14)16(22)15(18(21)24)17(23)20-12-9-7-11(19)8-10-12/h3-10,22H,2H2,1H3,(H,20,23). The molecule has 2 aromatic carbocycles. The maximum atomic E-state index is 12.7. The van der Waals surface area contributed by atoms with Gasteiger partial charge < -0.3 is 15.0 Å². The first-order valence-corrected chi connectivity index (χ1v) is 8.23. The van der Waals surface area contributed by atoms with E-state index in [-0.39, 0.29) is 11.3 Å². The molecule has 6 heteroatoms. The number of para-hydroxylation sites is 1. The van der Waals surface area contributed by atoms with Crippen LogP contribution in [0.25, 0.3) is 10.9 Å². The van der Waals surface area contributed by atoms with Gasteiger partial charge in [0.2, 0.25) is 0 Å². The van der Waals surface area contributed by atoms with Crippen LogP contribution in [-0.2, 0) is 6.54 Å². The number of hydrogen-bond donors (Lipinski definition) is 2. The van der Waals surface area contributed by atoms with Crippen LogP contribution < -0.4 is 10.9 Å². The van der Waals surface area contributed by atoms with Gasteiger partial charge in [0.25, 0.3) is 11.5 Å². The Bertz CT molecular complexity index is 978. The van der Waals surface area contributed by atoms with Gasteiger partial charge in [-0.25, -0.2) is 0 Å². The molecule has 3 rings (SSSR count). The molecule has 0 bridgehead atoms. The van der Waals surface area contributed by atoms with E-state index < -0.39 is 11.5 Å². The van der Waals surface area contributed by atoms with Gasteiger partial charge >= 0.3 is 0 Å². The molecular weight excluding hydrogens is 372 g/mol. The van der Waals surface area contributed by atoms with Crippen molar-refractivity contribution in [3.63, 3.8) is 0 Å². The van der Waals surface area contributed by atoms with Crippen LogP contribution in [0.3, 0.4) is 0 Å². The molecule has 0 spiro atoms. The molecule has 0 fully saturated rings. The van der Waals surface area contributed by atoms with E-state index in [1.54, 1.807) is 48.5 Å². The predicted octanol–water partition coefficient (Wildman–Crippen LogP) is 3.74. The summed E-state index contributed by atoms with van der Waals surface area (Å²) in [5.74, 6) is -0.928. The number of aromatic hydroxyl groups is 1. The van der Waals surface area contributed by atoms with Gasteiger partial charge in [0, 0.05) is 22.1 Å². The Morgan fingerprint density at radius 2 is 1.83 bits per heavy atom. The fourth-order valence-electron chi connectivity index (χ4n) is 2.63. The second kappa shape index (κ2) is 6.49. The predicted molar refractivity (Wildman–Crippen MR) is 97.6 cm³/mol. The molecule has 0 aliphatic rings. The summed E-state index contributed by atoms with van der Waals surface area (Å²) in [6.45, 7) is 2.22. The van der Waals surface area contributed by atoms with E-state index in [2.05, 4.69) is 21.2 Å². The molecule has 2 N–H and O–H groups in total. The Morgan fingerprint density at radius 3 is 2.50 bits per heavy atom. The smallest absolute Gasteiger partial charge is 0.267 e. The summed E-state index contributed by atoms with van der Waals surface area (Å²) in [5.41, 5.74) is 0.377. The quantitative estimate of drug-likeness (QED) is 0.719. The summed E-state index contributed by atoms with van der Waals surface area (Å²) in [5, 5.41) is 13.6. The Balaban J connectivity index is 2.13. The molecule has 0 aliphatic carbocycles. The lowest BCUT2D eigenvalue weighted by Gasteiger charge is -2.13. The molecule has 1 aromatic heterocycles.